The van der Waals surface area contributed by atoms with Crippen LogP contribution in [0.4, 0.5) is 0 Å². The second-order valence-corrected chi connectivity index (χ2v) is 3.24. The van der Waals surface area contributed by atoms with Gasteiger partial charge in [0, 0.05) is 10.6 Å². The van der Waals surface area contributed by atoms with Gasteiger partial charge in [0.2, 0.25) is 0 Å². The van der Waals surface area contributed by atoms with Gasteiger partial charge < -0.3 is 5.11 Å². The van der Waals surface area contributed by atoms with Crippen molar-refractivity contribution in [3.63, 3.8) is 0 Å². The quantitative estimate of drug-likeness (QED) is 0.711. The maximum atomic E-state index is 11.4. The number of aromatic hydroxyl groups is 1. The molecule has 1 saturated heterocycles. The van der Waals surface area contributed by atoms with E-state index in [4.69, 9.17) is 0 Å². The second kappa shape index (κ2) is 4.19. The topological polar surface area (TPSA) is 82.1 Å². The third kappa shape index (κ3) is 1.96. The fourth-order valence-corrected chi connectivity index (χ4v) is 1.45. The third-order valence-electron chi connectivity index (χ3n) is 2.21. The number of carbonyl (C=O) groups is 2. The van der Waals surface area contributed by atoms with Gasteiger partial charge in [-0.1, -0.05) is 18.2 Å². The summed E-state index contributed by atoms with van der Waals surface area (Å²) in [6, 6.07) is 6.19. The van der Waals surface area contributed by atoms with Crippen molar-refractivity contribution < 1.29 is 29.5 Å². The predicted octanol–water partition coefficient (Wildman–Crippen LogP) is 0.812. The van der Waals surface area contributed by atoms with Crippen LogP contribution in [-0.4, -0.2) is 17.0 Å². The van der Waals surface area contributed by atoms with Crippen LogP contribution in [0.5, 0.6) is 5.75 Å². The molecule has 0 spiro atoms. The molecular weight excluding hydrogens is 216 g/mol. The summed E-state index contributed by atoms with van der Waals surface area (Å²) in [5, 5.41) is 13.5. The Morgan fingerprint density at radius 3 is 2.69 bits per heavy atom. The van der Waals surface area contributed by atoms with Crippen molar-refractivity contribution in [2.75, 3.05) is 0 Å². The van der Waals surface area contributed by atoms with Gasteiger partial charge in [0.25, 0.3) is 0 Å². The van der Waals surface area contributed by atoms with Gasteiger partial charge in [0.1, 0.15) is 5.75 Å². The predicted molar refractivity (Wildman–Crippen MR) is 48.7 cm³/mol. The van der Waals surface area contributed by atoms with Gasteiger partial charge >= 0.3 is 11.9 Å². The first-order chi connectivity index (χ1) is 7.68. The molecule has 1 N–H and O–H groups in total. The van der Waals surface area contributed by atoms with Crippen molar-refractivity contribution in [3.05, 3.63) is 29.8 Å². The summed E-state index contributed by atoms with van der Waals surface area (Å²) in [5.41, 5.74) is 0.301. The number of benzene rings is 1. The summed E-state index contributed by atoms with van der Waals surface area (Å²) >= 11 is 0. The van der Waals surface area contributed by atoms with E-state index < -0.39 is 17.9 Å². The highest BCUT2D eigenvalue weighted by molar-refractivity contribution is 5.85. The van der Waals surface area contributed by atoms with Gasteiger partial charge in [-0.05, 0) is 6.07 Å². The van der Waals surface area contributed by atoms with Crippen molar-refractivity contribution in [2.45, 2.75) is 12.3 Å². The lowest BCUT2D eigenvalue weighted by molar-refractivity contribution is -0.455. The zero-order chi connectivity index (χ0) is 11.5. The fraction of sp³-hybridized carbons (Fsp3) is 0.200. The van der Waals surface area contributed by atoms with Crippen molar-refractivity contribution in [1.29, 1.82) is 0 Å². The molecule has 0 aromatic heterocycles. The molecule has 1 aromatic rings. The first-order valence-corrected chi connectivity index (χ1v) is 4.54. The minimum absolute atomic E-state index is 0.0841. The van der Waals surface area contributed by atoms with Gasteiger partial charge in [0.05, 0.1) is 12.3 Å². The van der Waals surface area contributed by atoms with Gasteiger partial charge in [-0.3, -0.25) is 9.78 Å². The number of rotatable bonds is 1. The first-order valence-electron chi connectivity index (χ1n) is 4.54. The standard InChI is InChI=1S/C10H8O6/c11-8-4-2-1-3-6(8)7-5-9(12)14-16-15-10(7)13/h1-4,7,11H,5H2. The van der Waals surface area contributed by atoms with E-state index in [0.29, 0.717) is 5.56 Å². The molecule has 1 fully saturated rings. The highest BCUT2D eigenvalue weighted by Crippen LogP contribution is 2.30. The van der Waals surface area contributed by atoms with Crippen LogP contribution in [0.25, 0.3) is 0 Å². The lowest BCUT2D eigenvalue weighted by Gasteiger charge is -2.10. The van der Waals surface area contributed by atoms with E-state index in [0.717, 1.165) is 0 Å². The minimum atomic E-state index is -0.920. The summed E-state index contributed by atoms with van der Waals surface area (Å²) in [5.74, 6) is -2.53. The number of carbonyl (C=O) groups excluding carboxylic acids is 2. The average Bonchev–Trinajstić information content (AvgIpc) is 2.42. The van der Waals surface area contributed by atoms with Crippen LogP contribution in [0.3, 0.4) is 0 Å². The van der Waals surface area contributed by atoms with Crippen LogP contribution in [0.2, 0.25) is 0 Å². The fourth-order valence-electron chi connectivity index (χ4n) is 1.45. The van der Waals surface area contributed by atoms with Crippen molar-refractivity contribution in [1.82, 2.24) is 0 Å². The SMILES string of the molecule is O=C1CC(c2ccccc2O)C(=O)OOO1. The summed E-state index contributed by atoms with van der Waals surface area (Å²) in [6.07, 6.45) is -0.240. The molecule has 1 atom stereocenters. The maximum Gasteiger partial charge on any atom is 0.354 e. The molecule has 0 aliphatic carbocycles. The first kappa shape index (κ1) is 10.4. The Bertz CT molecular complexity index is 427. The summed E-state index contributed by atoms with van der Waals surface area (Å²) in [7, 11) is 0. The molecular formula is C10H8O6. The van der Waals surface area contributed by atoms with E-state index in [-0.39, 0.29) is 12.2 Å². The summed E-state index contributed by atoms with van der Waals surface area (Å²) in [4.78, 5) is 30.8. The van der Waals surface area contributed by atoms with Crippen molar-refractivity contribution >= 4 is 11.9 Å². The van der Waals surface area contributed by atoms with Crippen LogP contribution in [0.15, 0.2) is 24.3 Å². The molecule has 0 bridgehead atoms. The van der Waals surface area contributed by atoms with Crippen LogP contribution in [0.1, 0.15) is 17.9 Å². The monoisotopic (exact) mass is 224 g/mol. The van der Waals surface area contributed by atoms with Crippen LogP contribution >= 0.6 is 0 Å². The van der Waals surface area contributed by atoms with Gasteiger partial charge in [-0.25, -0.2) is 9.59 Å². The Kier molecular flexibility index (Phi) is 2.74. The zero-order valence-electron chi connectivity index (χ0n) is 8.08. The molecule has 0 saturated carbocycles. The highest BCUT2D eigenvalue weighted by Gasteiger charge is 2.32. The van der Waals surface area contributed by atoms with Crippen LogP contribution in [-0.2, 0) is 24.4 Å². The minimum Gasteiger partial charge on any atom is -0.508 e. The van der Waals surface area contributed by atoms with Crippen LogP contribution in [0, 0.1) is 0 Å². The Hall–Kier alpha value is -2.08. The molecule has 6 heteroatoms. The zero-order valence-corrected chi connectivity index (χ0v) is 8.08. The van der Waals surface area contributed by atoms with Gasteiger partial charge in [-0.2, -0.15) is 0 Å². The molecule has 6 nitrogen and oxygen atoms in total. The molecule has 0 radical (unpaired) electrons. The molecule has 2 rings (SSSR count). The molecule has 1 aliphatic heterocycles. The number of para-hydroxylation sites is 1. The van der Waals surface area contributed by atoms with E-state index in [9.17, 15) is 14.7 Å². The maximum absolute atomic E-state index is 11.4. The van der Waals surface area contributed by atoms with Gasteiger partial charge in [0.15, 0.2) is 0 Å². The lowest BCUT2D eigenvalue weighted by Crippen LogP contribution is -2.14. The number of phenolic OH excluding ortho intramolecular Hbond substituents is 1. The molecule has 1 unspecified atom stereocenters. The lowest BCUT2D eigenvalue weighted by atomic mass is 9.95. The van der Waals surface area contributed by atoms with E-state index in [2.05, 4.69) is 14.8 Å². The Morgan fingerprint density at radius 2 is 1.94 bits per heavy atom. The largest absolute Gasteiger partial charge is 0.508 e. The third-order valence-corrected chi connectivity index (χ3v) is 2.21. The molecule has 1 aliphatic rings. The Balaban J connectivity index is 2.34. The Labute approximate surface area is 90.2 Å². The smallest absolute Gasteiger partial charge is 0.354 e. The van der Waals surface area contributed by atoms with E-state index in [1.165, 1.54) is 12.1 Å². The highest BCUT2D eigenvalue weighted by atomic mass is 17.5. The summed E-state index contributed by atoms with van der Waals surface area (Å²) in [6.45, 7) is 0. The van der Waals surface area contributed by atoms with Crippen molar-refractivity contribution in [2.24, 2.45) is 0 Å². The number of hydrogen-bond donors (Lipinski definition) is 1. The molecule has 1 heterocycles. The van der Waals surface area contributed by atoms with E-state index in [1.807, 2.05) is 0 Å². The molecule has 0 amide bonds. The normalized spacial score (nSPS) is 20.9. The number of phenols is 1. The van der Waals surface area contributed by atoms with Crippen LogP contribution < -0.4 is 0 Å². The second-order valence-electron chi connectivity index (χ2n) is 3.24. The molecule has 16 heavy (non-hydrogen) atoms. The van der Waals surface area contributed by atoms with Crippen molar-refractivity contribution in [3.8, 4) is 5.75 Å². The van der Waals surface area contributed by atoms with E-state index in [1.54, 1.807) is 12.1 Å². The molecule has 1 aromatic carbocycles. The van der Waals surface area contributed by atoms with Gasteiger partial charge in [-0.15, -0.1) is 0 Å². The average molecular weight is 224 g/mol. The van der Waals surface area contributed by atoms with E-state index >= 15 is 0 Å². The number of hydrogen-bond acceptors (Lipinski definition) is 6. The Morgan fingerprint density at radius 1 is 1.19 bits per heavy atom. The molecule has 84 valence electrons. The summed E-state index contributed by atoms with van der Waals surface area (Å²) < 4.78 is 0.